The van der Waals surface area contributed by atoms with E-state index in [0.29, 0.717) is 53.4 Å². The smallest absolute Gasteiger partial charge is 0.239 e. The molecule has 0 aliphatic heterocycles. The van der Waals surface area contributed by atoms with E-state index >= 15 is 0 Å². The summed E-state index contributed by atoms with van der Waals surface area (Å²) in [5, 5.41) is 18.4. The summed E-state index contributed by atoms with van der Waals surface area (Å²) in [4.78, 5) is 13.5. The zero-order valence-corrected chi connectivity index (χ0v) is 25.8. The summed E-state index contributed by atoms with van der Waals surface area (Å²) < 4.78 is 21.9. The molecule has 0 radical (unpaired) electrons. The summed E-state index contributed by atoms with van der Waals surface area (Å²) in [5.41, 5.74) is 3.36. The van der Waals surface area contributed by atoms with E-state index in [1.54, 1.807) is 27.4 Å². The largest absolute Gasteiger partial charge is 0.494 e. The predicted octanol–water partition coefficient (Wildman–Crippen LogP) is 5.48. The molecule has 12 heteroatoms. The van der Waals surface area contributed by atoms with Gasteiger partial charge in [0.05, 0.1) is 21.3 Å². The van der Waals surface area contributed by atoms with Gasteiger partial charge in [-0.15, -0.1) is 16.8 Å². The van der Waals surface area contributed by atoms with E-state index < -0.39 is 0 Å². The fourth-order valence-corrected chi connectivity index (χ4v) is 4.74. The Kier molecular flexibility index (Phi) is 12.6. The summed E-state index contributed by atoms with van der Waals surface area (Å²) >= 11 is 1.47. The van der Waals surface area contributed by atoms with Gasteiger partial charge in [-0.1, -0.05) is 17.7 Å². The lowest BCUT2D eigenvalue weighted by Gasteiger charge is -2.19. The zero-order valence-electron chi connectivity index (χ0n) is 25.0. The number of ether oxygens (including phenoxy) is 3. The Labute approximate surface area is 251 Å². The second-order valence-corrected chi connectivity index (χ2v) is 10.7. The van der Waals surface area contributed by atoms with Gasteiger partial charge in [0.15, 0.2) is 5.82 Å². The van der Waals surface area contributed by atoms with Gasteiger partial charge in [-0.3, -0.25) is 9.29 Å². The van der Waals surface area contributed by atoms with Crippen molar-refractivity contribution in [2.75, 3.05) is 32.7 Å². The van der Waals surface area contributed by atoms with Crippen molar-refractivity contribution >= 4 is 17.9 Å². The van der Waals surface area contributed by atoms with Crippen LogP contribution in [-0.2, 0) is 6.42 Å². The minimum atomic E-state index is 0.0629. The molecule has 4 aromatic rings. The first-order valence-corrected chi connectivity index (χ1v) is 14.3. The Morgan fingerprint density at radius 1 is 1.00 bits per heavy atom. The first-order chi connectivity index (χ1) is 20.3. The molecule has 0 bridgehead atoms. The second kappa shape index (κ2) is 16.3. The molecule has 3 heterocycles. The topological polar surface area (TPSA) is 129 Å². The van der Waals surface area contributed by atoms with Crippen molar-refractivity contribution in [2.45, 2.75) is 45.3 Å². The lowest BCUT2D eigenvalue weighted by molar-refractivity contribution is 0.284. The highest BCUT2D eigenvalue weighted by Gasteiger charge is 2.24. The first kappa shape index (κ1) is 32.4. The van der Waals surface area contributed by atoms with Crippen LogP contribution in [0, 0.1) is 6.92 Å². The number of allylic oxidation sites excluding steroid dienone is 1. The highest BCUT2D eigenvalue weighted by atomic mass is 32.2. The molecule has 3 aromatic heterocycles. The first-order valence-electron chi connectivity index (χ1n) is 13.4. The van der Waals surface area contributed by atoms with Crippen LogP contribution in [0.2, 0.25) is 0 Å². The molecule has 11 nitrogen and oxygen atoms in total. The van der Waals surface area contributed by atoms with Crippen LogP contribution in [0.4, 0.5) is 5.95 Å². The number of aromatic nitrogens is 6. The quantitative estimate of drug-likeness (QED) is 0.151. The number of aryl methyl sites for hydroxylation is 1. The van der Waals surface area contributed by atoms with Crippen LogP contribution >= 0.6 is 11.9 Å². The van der Waals surface area contributed by atoms with Crippen molar-refractivity contribution < 1.29 is 19.3 Å². The minimum Gasteiger partial charge on any atom is -0.494 e. The van der Waals surface area contributed by atoms with Crippen LogP contribution in [0.3, 0.4) is 0 Å². The molecule has 0 aliphatic carbocycles. The second-order valence-electron chi connectivity index (χ2n) is 9.55. The van der Waals surface area contributed by atoms with Gasteiger partial charge >= 0.3 is 0 Å². The summed E-state index contributed by atoms with van der Waals surface area (Å²) in [6, 6.07) is 11.0. The van der Waals surface area contributed by atoms with Gasteiger partial charge in [-0.05, 0) is 69.3 Å². The van der Waals surface area contributed by atoms with Crippen molar-refractivity contribution in [1.82, 2.24) is 29.7 Å². The Morgan fingerprint density at radius 3 is 2.24 bits per heavy atom. The molecule has 1 atom stereocenters. The van der Waals surface area contributed by atoms with E-state index in [1.807, 2.05) is 68.1 Å². The van der Waals surface area contributed by atoms with E-state index in [2.05, 4.69) is 36.5 Å². The molecule has 0 aliphatic rings. The maximum Gasteiger partial charge on any atom is 0.239 e. The number of aliphatic hydroxyl groups excluding tert-OH is 1. The van der Waals surface area contributed by atoms with Gasteiger partial charge in [0.1, 0.15) is 28.7 Å². The molecule has 42 heavy (non-hydrogen) atoms. The molecular weight excluding hydrogens is 554 g/mol. The van der Waals surface area contributed by atoms with Crippen LogP contribution in [0.1, 0.15) is 38.1 Å². The normalized spacial score (nSPS) is 11.2. The SMILES string of the molecule is C=C(C)C.COc1cccc(-c2nnc(NSC(CCCO)Cc3ncc(C)cn3)n2-c2c(OC)cccc2OC)n1. The van der Waals surface area contributed by atoms with Crippen molar-refractivity contribution in [2.24, 2.45) is 0 Å². The molecule has 4 rings (SSSR count). The summed E-state index contributed by atoms with van der Waals surface area (Å²) in [7, 11) is 4.76. The third-order valence-electron chi connectivity index (χ3n) is 5.70. The number of para-hydroxylation sites is 1. The van der Waals surface area contributed by atoms with E-state index in [-0.39, 0.29) is 11.9 Å². The van der Waals surface area contributed by atoms with Gasteiger partial charge in [-0.25, -0.2) is 15.0 Å². The van der Waals surface area contributed by atoms with Gasteiger partial charge in [0, 0.05) is 36.7 Å². The molecule has 0 fully saturated rings. The summed E-state index contributed by atoms with van der Waals surface area (Å²) in [5.74, 6) is 3.27. The molecule has 0 spiro atoms. The van der Waals surface area contributed by atoms with E-state index in [9.17, 15) is 5.11 Å². The fourth-order valence-electron chi connectivity index (χ4n) is 3.82. The number of nitrogens with one attached hydrogen (secondary N) is 1. The van der Waals surface area contributed by atoms with Crippen molar-refractivity contribution in [1.29, 1.82) is 0 Å². The zero-order chi connectivity index (χ0) is 30.5. The monoisotopic (exact) mass is 593 g/mol. The highest BCUT2D eigenvalue weighted by Crippen LogP contribution is 2.38. The third-order valence-corrected chi connectivity index (χ3v) is 6.73. The Balaban J connectivity index is 0.00000114. The number of hydrogen-bond donors (Lipinski definition) is 2. The summed E-state index contributed by atoms with van der Waals surface area (Å²) in [6.45, 7) is 9.56. The standard InChI is InChI=1S/C26H31N7O4S.C4H8/c1-17-15-27-22(28-16-17)14-18(8-7-13-34)38-32-26-31-30-25(19-9-5-12-23(29-19)37-4)33(26)24-20(35-2)10-6-11-21(24)36-3;1-4(2)3/h5-6,9-12,15-16,18,34H,7-8,13-14H2,1-4H3,(H,31,32);1H2,2-3H3. The number of rotatable bonds is 13. The number of anilines is 1. The number of hydrogen-bond acceptors (Lipinski definition) is 11. The number of aliphatic hydroxyl groups is 1. The van der Waals surface area contributed by atoms with Gasteiger partial charge in [0.2, 0.25) is 11.8 Å². The maximum atomic E-state index is 9.45. The molecule has 0 saturated heterocycles. The van der Waals surface area contributed by atoms with Crippen LogP contribution in [0.25, 0.3) is 17.2 Å². The average molecular weight is 594 g/mol. The number of nitrogens with zero attached hydrogens (tertiary/aromatic N) is 6. The molecule has 224 valence electrons. The van der Waals surface area contributed by atoms with E-state index in [0.717, 1.165) is 17.8 Å². The Hall–Kier alpha value is -4.16. The van der Waals surface area contributed by atoms with Crippen molar-refractivity contribution in [3.05, 3.63) is 72.3 Å². The molecule has 1 aromatic carbocycles. The number of pyridine rings is 1. The van der Waals surface area contributed by atoms with Crippen molar-refractivity contribution in [3.63, 3.8) is 0 Å². The van der Waals surface area contributed by atoms with Gasteiger partial charge in [-0.2, -0.15) is 0 Å². The lowest BCUT2D eigenvalue weighted by atomic mass is 10.2. The maximum absolute atomic E-state index is 9.45. The predicted molar refractivity (Wildman–Crippen MR) is 167 cm³/mol. The van der Waals surface area contributed by atoms with Gasteiger partial charge in [0.25, 0.3) is 0 Å². The molecule has 0 saturated carbocycles. The number of benzene rings is 1. The molecule has 0 amide bonds. The fraction of sp³-hybridized carbons (Fsp3) is 0.367. The molecule has 2 N–H and O–H groups in total. The van der Waals surface area contributed by atoms with Crippen LogP contribution in [0.5, 0.6) is 17.4 Å². The lowest BCUT2D eigenvalue weighted by Crippen LogP contribution is -2.14. The third kappa shape index (κ3) is 8.92. The van der Waals surface area contributed by atoms with Crippen LogP contribution in [0.15, 0.2) is 60.9 Å². The minimum absolute atomic E-state index is 0.0629. The molecular formula is C30H39N7O4S. The highest BCUT2D eigenvalue weighted by molar-refractivity contribution is 8.01. The van der Waals surface area contributed by atoms with Gasteiger partial charge < -0.3 is 19.3 Å². The van der Waals surface area contributed by atoms with E-state index in [1.165, 1.54) is 17.5 Å². The van der Waals surface area contributed by atoms with Crippen molar-refractivity contribution in [3.8, 4) is 34.6 Å². The Morgan fingerprint density at radius 2 is 1.64 bits per heavy atom. The van der Waals surface area contributed by atoms with Crippen LogP contribution < -0.4 is 18.9 Å². The van der Waals surface area contributed by atoms with E-state index in [4.69, 9.17) is 14.2 Å². The van der Waals surface area contributed by atoms with Crippen LogP contribution in [-0.4, -0.2) is 68.0 Å². The molecule has 1 unspecified atom stereocenters. The number of methoxy groups -OCH3 is 3. The Bertz CT molecular complexity index is 1400. The average Bonchev–Trinajstić information content (AvgIpc) is 3.42. The summed E-state index contributed by atoms with van der Waals surface area (Å²) in [6.07, 6.45) is 5.64.